The molecule has 0 radical (unpaired) electrons. The summed E-state index contributed by atoms with van der Waals surface area (Å²) >= 11 is 5.80. The molecule has 0 unspecified atom stereocenters. The van der Waals surface area contributed by atoms with Crippen molar-refractivity contribution in [2.45, 2.75) is 6.92 Å². The fourth-order valence-corrected chi connectivity index (χ4v) is 1.65. The number of nitrogen functional groups attached to an aromatic ring is 1. The van der Waals surface area contributed by atoms with E-state index in [0.717, 1.165) is 0 Å². The summed E-state index contributed by atoms with van der Waals surface area (Å²) < 4.78 is 13.5. The predicted octanol–water partition coefficient (Wildman–Crippen LogP) is 2.76. The third-order valence-electron chi connectivity index (χ3n) is 2.17. The average Bonchev–Trinajstić information content (AvgIpc) is 2.51. The molecule has 1 aromatic carbocycles. The minimum atomic E-state index is -0.365. The molecule has 0 atom stereocenters. The molecule has 15 heavy (non-hydrogen) atoms. The lowest BCUT2D eigenvalue weighted by Gasteiger charge is -2.03. The van der Waals surface area contributed by atoms with E-state index in [1.165, 1.54) is 18.2 Å². The minimum absolute atomic E-state index is 0.272. The van der Waals surface area contributed by atoms with Gasteiger partial charge in [-0.1, -0.05) is 11.6 Å². The van der Waals surface area contributed by atoms with Gasteiger partial charge in [0.05, 0.1) is 0 Å². The Bertz CT molecular complexity index is 488. The number of aryl methyl sites for hydroxylation is 1. The van der Waals surface area contributed by atoms with Gasteiger partial charge in [0, 0.05) is 21.8 Å². The Labute approximate surface area is 91.1 Å². The first-order valence-corrected chi connectivity index (χ1v) is 4.73. The number of halogens is 2. The maximum Gasteiger partial charge on any atom is 0.153 e. The van der Waals surface area contributed by atoms with Crippen LogP contribution in [0.25, 0.3) is 11.1 Å². The summed E-state index contributed by atoms with van der Waals surface area (Å²) in [6, 6.07) is 4.33. The molecule has 3 N–H and O–H groups in total. The number of H-pyrrole nitrogens is 1. The standard InChI is InChI=1S/C10H9ClFN3/c1-5-9(10(13)15-14-5)7-4-6(11)2-3-8(7)12/h2-4H,1H3,(H3,13,14,15). The molecule has 5 heteroatoms. The number of benzene rings is 1. The first-order valence-electron chi connectivity index (χ1n) is 4.35. The van der Waals surface area contributed by atoms with Gasteiger partial charge in [-0.25, -0.2) is 4.39 Å². The van der Waals surface area contributed by atoms with E-state index in [9.17, 15) is 4.39 Å². The van der Waals surface area contributed by atoms with Gasteiger partial charge in [-0.05, 0) is 25.1 Å². The van der Waals surface area contributed by atoms with E-state index >= 15 is 0 Å². The third kappa shape index (κ3) is 1.68. The zero-order chi connectivity index (χ0) is 11.0. The van der Waals surface area contributed by atoms with E-state index in [1.54, 1.807) is 6.92 Å². The molecule has 0 aliphatic rings. The second-order valence-electron chi connectivity index (χ2n) is 3.23. The molecule has 0 fully saturated rings. The van der Waals surface area contributed by atoms with Crippen molar-refractivity contribution < 1.29 is 4.39 Å². The molecule has 0 aliphatic heterocycles. The Hall–Kier alpha value is -1.55. The first kappa shape index (κ1) is 9.98. The number of rotatable bonds is 1. The lowest BCUT2D eigenvalue weighted by atomic mass is 10.1. The number of hydrogen-bond donors (Lipinski definition) is 2. The van der Waals surface area contributed by atoms with Crippen LogP contribution in [0.15, 0.2) is 18.2 Å². The van der Waals surface area contributed by atoms with E-state index in [4.69, 9.17) is 17.3 Å². The SMILES string of the molecule is Cc1[nH]nc(N)c1-c1cc(Cl)ccc1F. The summed E-state index contributed by atoms with van der Waals surface area (Å²) in [5, 5.41) is 6.97. The Morgan fingerprint density at radius 1 is 1.47 bits per heavy atom. The van der Waals surface area contributed by atoms with Crippen LogP contribution in [0.4, 0.5) is 10.2 Å². The summed E-state index contributed by atoms with van der Waals surface area (Å²) in [7, 11) is 0. The van der Waals surface area contributed by atoms with Gasteiger partial charge in [0.25, 0.3) is 0 Å². The number of nitrogens with two attached hydrogens (primary N) is 1. The van der Waals surface area contributed by atoms with Gasteiger partial charge in [0.2, 0.25) is 0 Å². The molecule has 2 aromatic rings. The molecule has 0 saturated heterocycles. The van der Waals surface area contributed by atoms with Crippen LogP contribution in [-0.2, 0) is 0 Å². The van der Waals surface area contributed by atoms with Crippen molar-refractivity contribution in [3.63, 3.8) is 0 Å². The molecular weight excluding hydrogens is 217 g/mol. The van der Waals surface area contributed by atoms with Gasteiger partial charge in [0.15, 0.2) is 5.82 Å². The molecular formula is C10H9ClFN3. The quantitative estimate of drug-likeness (QED) is 0.784. The second kappa shape index (κ2) is 3.55. The van der Waals surface area contributed by atoms with Crippen LogP contribution < -0.4 is 5.73 Å². The highest BCUT2D eigenvalue weighted by Crippen LogP contribution is 2.31. The molecule has 1 heterocycles. The highest BCUT2D eigenvalue weighted by molar-refractivity contribution is 6.30. The van der Waals surface area contributed by atoms with Crippen LogP contribution in [0.5, 0.6) is 0 Å². The predicted molar refractivity (Wildman–Crippen MR) is 58.1 cm³/mol. The van der Waals surface area contributed by atoms with Gasteiger partial charge in [0.1, 0.15) is 5.82 Å². The maximum absolute atomic E-state index is 13.5. The van der Waals surface area contributed by atoms with Crippen molar-refractivity contribution in [2.75, 3.05) is 5.73 Å². The molecule has 0 aliphatic carbocycles. The number of aromatic nitrogens is 2. The van der Waals surface area contributed by atoms with Crippen LogP contribution in [0.2, 0.25) is 5.02 Å². The van der Waals surface area contributed by atoms with E-state index < -0.39 is 0 Å². The van der Waals surface area contributed by atoms with E-state index in [0.29, 0.717) is 21.8 Å². The van der Waals surface area contributed by atoms with Crippen LogP contribution in [-0.4, -0.2) is 10.2 Å². The number of anilines is 1. The van der Waals surface area contributed by atoms with Crippen molar-refractivity contribution in [3.05, 3.63) is 34.7 Å². The summed E-state index contributed by atoms with van der Waals surface area (Å²) in [6.07, 6.45) is 0. The number of hydrogen-bond acceptors (Lipinski definition) is 2. The van der Waals surface area contributed by atoms with Crippen LogP contribution in [0.3, 0.4) is 0 Å². The normalized spacial score (nSPS) is 10.6. The molecule has 2 rings (SSSR count). The Balaban J connectivity index is 2.68. The van der Waals surface area contributed by atoms with Gasteiger partial charge in [-0.15, -0.1) is 0 Å². The number of nitrogens with zero attached hydrogens (tertiary/aromatic N) is 1. The fourth-order valence-electron chi connectivity index (χ4n) is 1.48. The highest BCUT2D eigenvalue weighted by Gasteiger charge is 2.14. The maximum atomic E-state index is 13.5. The molecule has 78 valence electrons. The summed E-state index contributed by atoms with van der Waals surface area (Å²) in [5.41, 5.74) is 7.29. The summed E-state index contributed by atoms with van der Waals surface area (Å²) in [6.45, 7) is 1.78. The Morgan fingerprint density at radius 2 is 2.20 bits per heavy atom. The lowest BCUT2D eigenvalue weighted by molar-refractivity contribution is 0.631. The second-order valence-corrected chi connectivity index (χ2v) is 3.67. The zero-order valence-corrected chi connectivity index (χ0v) is 8.77. The first-order chi connectivity index (χ1) is 7.09. The molecule has 3 nitrogen and oxygen atoms in total. The third-order valence-corrected chi connectivity index (χ3v) is 2.41. The average molecular weight is 226 g/mol. The van der Waals surface area contributed by atoms with Crippen molar-refractivity contribution >= 4 is 17.4 Å². The van der Waals surface area contributed by atoms with E-state index in [-0.39, 0.29) is 11.6 Å². The molecule has 0 saturated carbocycles. The monoisotopic (exact) mass is 225 g/mol. The number of aromatic amines is 1. The van der Waals surface area contributed by atoms with Gasteiger partial charge < -0.3 is 5.73 Å². The van der Waals surface area contributed by atoms with Gasteiger partial charge >= 0.3 is 0 Å². The van der Waals surface area contributed by atoms with Crippen LogP contribution in [0.1, 0.15) is 5.69 Å². The zero-order valence-electron chi connectivity index (χ0n) is 8.01. The van der Waals surface area contributed by atoms with Crippen molar-refractivity contribution in [3.8, 4) is 11.1 Å². The Morgan fingerprint density at radius 3 is 2.80 bits per heavy atom. The van der Waals surface area contributed by atoms with Crippen molar-refractivity contribution in [2.24, 2.45) is 0 Å². The smallest absolute Gasteiger partial charge is 0.153 e. The van der Waals surface area contributed by atoms with E-state index in [2.05, 4.69) is 10.2 Å². The van der Waals surface area contributed by atoms with Crippen molar-refractivity contribution in [1.29, 1.82) is 0 Å². The molecule has 0 spiro atoms. The molecule has 1 aromatic heterocycles. The van der Waals surface area contributed by atoms with Gasteiger partial charge in [-0.2, -0.15) is 5.10 Å². The topological polar surface area (TPSA) is 54.7 Å². The van der Waals surface area contributed by atoms with E-state index in [1.807, 2.05) is 0 Å². The van der Waals surface area contributed by atoms with Crippen molar-refractivity contribution in [1.82, 2.24) is 10.2 Å². The van der Waals surface area contributed by atoms with Gasteiger partial charge in [-0.3, -0.25) is 5.10 Å². The highest BCUT2D eigenvalue weighted by atomic mass is 35.5. The lowest BCUT2D eigenvalue weighted by Crippen LogP contribution is -1.91. The van der Waals surface area contributed by atoms with Crippen LogP contribution >= 0.6 is 11.6 Å². The Kier molecular flexibility index (Phi) is 2.36. The molecule has 0 bridgehead atoms. The fraction of sp³-hybridized carbons (Fsp3) is 0.100. The number of nitrogens with one attached hydrogen (secondary N) is 1. The summed E-state index contributed by atoms with van der Waals surface area (Å²) in [5.74, 6) is -0.0933. The summed E-state index contributed by atoms with van der Waals surface area (Å²) in [4.78, 5) is 0. The largest absolute Gasteiger partial charge is 0.382 e. The van der Waals surface area contributed by atoms with Crippen LogP contribution in [0, 0.1) is 12.7 Å². The molecule has 0 amide bonds. The minimum Gasteiger partial charge on any atom is -0.382 e.